The molecule has 0 bridgehead atoms. The van der Waals surface area contributed by atoms with Gasteiger partial charge in [0.15, 0.2) is 0 Å². The molecule has 168 valence electrons. The molecule has 1 aromatic heterocycles. The minimum atomic E-state index is -4.82. The lowest BCUT2D eigenvalue weighted by Crippen LogP contribution is -2.37. The molecule has 1 amide bonds. The van der Waals surface area contributed by atoms with Crippen LogP contribution in [-0.4, -0.2) is 53.7 Å². The first kappa shape index (κ1) is 21.6. The number of likely N-dealkylation sites (tertiary alicyclic amines) is 1. The molecule has 0 radical (unpaired) electrons. The summed E-state index contributed by atoms with van der Waals surface area (Å²) >= 11 is 0. The highest BCUT2D eigenvalue weighted by molar-refractivity contribution is 5.95. The van der Waals surface area contributed by atoms with Gasteiger partial charge in [0.25, 0.3) is 5.91 Å². The molecule has 0 N–H and O–H groups in total. The van der Waals surface area contributed by atoms with E-state index >= 15 is 0 Å². The van der Waals surface area contributed by atoms with E-state index in [-0.39, 0.29) is 28.7 Å². The molecule has 4 rings (SSSR count). The van der Waals surface area contributed by atoms with Crippen molar-refractivity contribution >= 4 is 5.91 Å². The maximum absolute atomic E-state index is 13.2. The van der Waals surface area contributed by atoms with E-state index in [9.17, 15) is 18.0 Å². The van der Waals surface area contributed by atoms with Gasteiger partial charge in [-0.15, -0.1) is 23.4 Å². The van der Waals surface area contributed by atoms with Crippen LogP contribution in [0.2, 0.25) is 0 Å². The minimum Gasteiger partial charge on any atom is -0.425 e. The number of aromatic nitrogens is 2. The minimum absolute atomic E-state index is 0.0856. The van der Waals surface area contributed by atoms with Gasteiger partial charge in [0.1, 0.15) is 5.75 Å². The number of hydrogen-bond acceptors (Lipinski definition) is 6. The molecule has 2 aromatic rings. The average molecular weight is 439 g/mol. The van der Waals surface area contributed by atoms with Crippen molar-refractivity contribution in [2.45, 2.75) is 44.9 Å². The van der Waals surface area contributed by atoms with Gasteiger partial charge in [-0.3, -0.25) is 4.79 Å². The molecule has 1 unspecified atom stereocenters. The van der Waals surface area contributed by atoms with Crippen LogP contribution in [0, 0.1) is 5.41 Å². The highest BCUT2D eigenvalue weighted by Gasteiger charge is 2.51. The van der Waals surface area contributed by atoms with Crippen molar-refractivity contribution in [3.8, 4) is 5.75 Å². The Labute approximate surface area is 177 Å². The summed E-state index contributed by atoms with van der Waals surface area (Å²) in [6.07, 6.45) is -3.35. The fraction of sp³-hybridized carbons (Fsp3) is 0.571. The average Bonchev–Trinajstić information content (AvgIpc) is 3.32. The number of rotatable bonds is 4. The van der Waals surface area contributed by atoms with Crippen molar-refractivity contribution in [3.63, 3.8) is 0 Å². The largest absolute Gasteiger partial charge is 0.573 e. The summed E-state index contributed by atoms with van der Waals surface area (Å²) in [5, 5.41) is 8.39. The Morgan fingerprint density at radius 2 is 2.00 bits per heavy atom. The van der Waals surface area contributed by atoms with Gasteiger partial charge in [0.2, 0.25) is 11.8 Å². The molecule has 2 saturated heterocycles. The topological polar surface area (TPSA) is 77.7 Å². The van der Waals surface area contributed by atoms with Crippen LogP contribution in [0.5, 0.6) is 5.75 Å². The van der Waals surface area contributed by atoms with Gasteiger partial charge in [-0.1, -0.05) is 19.9 Å². The number of hydrogen-bond donors (Lipinski definition) is 0. The number of carbonyl (C=O) groups excluding carboxylic acids is 1. The predicted molar refractivity (Wildman–Crippen MR) is 103 cm³/mol. The maximum Gasteiger partial charge on any atom is 0.573 e. The monoisotopic (exact) mass is 439 g/mol. The Kier molecular flexibility index (Phi) is 5.67. The second kappa shape index (κ2) is 8.14. The molecule has 1 aromatic carbocycles. The van der Waals surface area contributed by atoms with E-state index in [0.717, 1.165) is 18.9 Å². The third kappa shape index (κ3) is 4.53. The lowest BCUT2D eigenvalue weighted by Gasteiger charge is -2.36. The normalized spacial score (nSPS) is 21.1. The van der Waals surface area contributed by atoms with Crippen LogP contribution >= 0.6 is 0 Å². The third-order valence-electron chi connectivity index (χ3n) is 5.99. The zero-order valence-electron chi connectivity index (χ0n) is 17.3. The predicted octanol–water partition coefficient (Wildman–Crippen LogP) is 4.13. The molecule has 0 aliphatic carbocycles. The fourth-order valence-electron chi connectivity index (χ4n) is 4.38. The van der Waals surface area contributed by atoms with Gasteiger partial charge in [-0.2, -0.15) is 0 Å². The van der Waals surface area contributed by atoms with Crippen LogP contribution in [0.25, 0.3) is 0 Å². The van der Waals surface area contributed by atoms with Gasteiger partial charge >= 0.3 is 6.36 Å². The molecule has 2 aliphatic rings. The first-order chi connectivity index (χ1) is 14.7. The Balaban J connectivity index is 1.59. The lowest BCUT2D eigenvalue weighted by atomic mass is 9.72. The summed E-state index contributed by atoms with van der Waals surface area (Å²) in [5.74, 6) is 0.185. The molecule has 7 nitrogen and oxygen atoms in total. The molecular weight excluding hydrogens is 415 g/mol. The zero-order chi connectivity index (χ0) is 22.2. The van der Waals surface area contributed by atoms with E-state index in [1.54, 1.807) is 4.90 Å². The van der Waals surface area contributed by atoms with Gasteiger partial charge in [0.05, 0.1) is 5.92 Å². The Hall–Kier alpha value is -2.62. The summed E-state index contributed by atoms with van der Waals surface area (Å²) < 4.78 is 53.1. The Bertz CT molecular complexity index is 938. The number of benzene rings is 1. The molecule has 2 aliphatic heterocycles. The number of halogens is 3. The molecule has 31 heavy (non-hydrogen) atoms. The number of alkyl halides is 3. The summed E-state index contributed by atoms with van der Waals surface area (Å²) in [6.45, 7) is 5.85. The zero-order valence-corrected chi connectivity index (χ0v) is 17.3. The third-order valence-corrected chi connectivity index (χ3v) is 5.99. The highest BCUT2D eigenvalue weighted by Crippen LogP contribution is 2.49. The second-order valence-electron chi connectivity index (χ2n) is 8.42. The van der Waals surface area contributed by atoms with Crippen molar-refractivity contribution in [1.82, 2.24) is 15.1 Å². The first-order valence-electron chi connectivity index (χ1n) is 10.2. The van der Waals surface area contributed by atoms with Crippen LogP contribution in [0.15, 0.2) is 28.7 Å². The first-order valence-corrected chi connectivity index (χ1v) is 10.2. The quantitative estimate of drug-likeness (QED) is 0.713. The van der Waals surface area contributed by atoms with Gasteiger partial charge in [-0.25, -0.2) is 0 Å². The van der Waals surface area contributed by atoms with Crippen LogP contribution < -0.4 is 4.74 Å². The van der Waals surface area contributed by atoms with Crippen LogP contribution in [0.1, 0.15) is 60.7 Å². The standard InChI is InChI=1S/C21H24F3N3O4/c1-13(2)17-25-26-18(30-17)16-11-27(12-20(16)6-8-29-9-7-20)19(28)14-4-3-5-15(10-14)31-21(22,23)24/h3-5,10,13,16H,6-9,11-12H2,1-2H3. The van der Waals surface area contributed by atoms with Gasteiger partial charge < -0.3 is 18.8 Å². The lowest BCUT2D eigenvalue weighted by molar-refractivity contribution is -0.274. The molecule has 0 saturated carbocycles. The summed E-state index contributed by atoms with van der Waals surface area (Å²) in [6, 6.07) is 5.14. The van der Waals surface area contributed by atoms with Crippen LogP contribution in [-0.2, 0) is 4.74 Å². The molecule has 1 atom stereocenters. The van der Waals surface area contributed by atoms with E-state index in [2.05, 4.69) is 14.9 Å². The fourth-order valence-corrected chi connectivity index (χ4v) is 4.38. The number of nitrogens with zero attached hydrogens (tertiary/aromatic N) is 3. The van der Waals surface area contributed by atoms with Crippen molar-refractivity contribution in [2.24, 2.45) is 5.41 Å². The van der Waals surface area contributed by atoms with E-state index in [0.29, 0.717) is 38.1 Å². The van der Waals surface area contributed by atoms with E-state index in [1.165, 1.54) is 18.2 Å². The Morgan fingerprint density at radius 1 is 1.26 bits per heavy atom. The van der Waals surface area contributed by atoms with Gasteiger partial charge in [0, 0.05) is 43.2 Å². The maximum atomic E-state index is 13.2. The Morgan fingerprint density at radius 3 is 2.65 bits per heavy atom. The van der Waals surface area contributed by atoms with E-state index < -0.39 is 12.1 Å². The van der Waals surface area contributed by atoms with E-state index in [4.69, 9.17) is 9.15 Å². The van der Waals surface area contributed by atoms with Crippen molar-refractivity contribution in [3.05, 3.63) is 41.6 Å². The van der Waals surface area contributed by atoms with E-state index in [1.807, 2.05) is 13.8 Å². The summed E-state index contributed by atoms with van der Waals surface area (Å²) in [7, 11) is 0. The molecule has 1 spiro atoms. The number of amides is 1. The molecule has 3 heterocycles. The van der Waals surface area contributed by atoms with Crippen LogP contribution in [0.3, 0.4) is 0 Å². The summed E-state index contributed by atoms with van der Waals surface area (Å²) in [5.41, 5.74) is -0.132. The van der Waals surface area contributed by atoms with Crippen molar-refractivity contribution < 1.29 is 31.9 Å². The van der Waals surface area contributed by atoms with Crippen LogP contribution in [0.4, 0.5) is 13.2 Å². The van der Waals surface area contributed by atoms with Gasteiger partial charge in [-0.05, 0) is 31.0 Å². The molecule has 10 heteroatoms. The number of ether oxygens (including phenoxy) is 2. The smallest absolute Gasteiger partial charge is 0.425 e. The number of carbonyl (C=O) groups is 1. The summed E-state index contributed by atoms with van der Waals surface area (Å²) in [4.78, 5) is 14.8. The highest BCUT2D eigenvalue weighted by atomic mass is 19.4. The van der Waals surface area contributed by atoms with Crippen molar-refractivity contribution in [2.75, 3.05) is 26.3 Å². The van der Waals surface area contributed by atoms with Crippen molar-refractivity contribution in [1.29, 1.82) is 0 Å². The molecular formula is C21H24F3N3O4. The second-order valence-corrected chi connectivity index (χ2v) is 8.42. The SMILES string of the molecule is CC(C)c1nnc(C2CN(C(=O)c3cccc(OC(F)(F)F)c3)CC23CCOCC3)o1. The molecule has 2 fully saturated rings.